The van der Waals surface area contributed by atoms with Gasteiger partial charge in [0.15, 0.2) is 0 Å². The summed E-state index contributed by atoms with van der Waals surface area (Å²) in [7, 11) is 0. The maximum Gasteiger partial charge on any atom is 0.387 e. The van der Waals surface area contributed by atoms with E-state index in [9.17, 15) is 13.6 Å². The molecule has 2 heterocycles. The molecule has 0 atom stereocenters. The van der Waals surface area contributed by atoms with Crippen molar-refractivity contribution in [1.82, 2.24) is 10.2 Å². The second-order valence-corrected chi connectivity index (χ2v) is 7.87. The predicted octanol–water partition coefficient (Wildman–Crippen LogP) is 4.51. The van der Waals surface area contributed by atoms with E-state index in [-0.39, 0.29) is 10.6 Å². The molecule has 7 heteroatoms. The Balaban J connectivity index is 1.55. The molecule has 1 saturated heterocycles. The molecule has 27 heavy (non-hydrogen) atoms. The lowest BCUT2D eigenvalue weighted by Crippen LogP contribution is -2.32. The Morgan fingerprint density at radius 3 is 2.78 bits per heavy atom. The molecule has 2 aromatic rings. The molecule has 0 unspecified atom stereocenters. The van der Waals surface area contributed by atoms with Gasteiger partial charge in [-0.3, -0.25) is 9.69 Å². The molecule has 1 aliphatic heterocycles. The number of rotatable bonds is 7. The molecular formula is C20H24F2N2O2S. The zero-order valence-corrected chi connectivity index (χ0v) is 16.1. The molecule has 1 aromatic carbocycles. The molecule has 4 nitrogen and oxygen atoms in total. The number of piperidine rings is 1. The number of hydrogen-bond donors (Lipinski definition) is 1. The highest BCUT2D eigenvalue weighted by atomic mass is 32.1. The number of carbonyl (C=O) groups is 1. The van der Waals surface area contributed by atoms with Gasteiger partial charge >= 0.3 is 6.61 Å². The lowest BCUT2D eigenvalue weighted by molar-refractivity contribution is -0.0498. The third-order valence-electron chi connectivity index (χ3n) is 4.78. The topological polar surface area (TPSA) is 41.6 Å². The van der Waals surface area contributed by atoms with Gasteiger partial charge in [0.1, 0.15) is 10.6 Å². The number of nitrogens with one attached hydrogen (secondary N) is 1. The third kappa shape index (κ3) is 5.74. The molecule has 1 fully saturated rings. The summed E-state index contributed by atoms with van der Waals surface area (Å²) < 4.78 is 29.2. The zero-order chi connectivity index (χ0) is 19.2. The van der Waals surface area contributed by atoms with E-state index in [4.69, 9.17) is 0 Å². The first-order chi connectivity index (χ1) is 13.0. The molecule has 1 aromatic heterocycles. The molecule has 1 aliphatic rings. The molecule has 0 radical (unpaired) electrons. The second kappa shape index (κ2) is 9.28. The molecule has 1 N–H and O–H groups in total. The molecule has 1 amide bonds. The SMILES string of the molecule is CC1CCN(Cc2cccc(CNC(=O)c3sccc3OC(F)F)c2)CC1. The molecule has 0 aliphatic carbocycles. The number of amides is 1. The van der Waals surface area contributed by atoms with Gasteiger partial charge in [-0.2, -0.15) is 8.78 Å². The summed E-state index contributed by atoms with van der Waals surface area (Å²) in [4.78, 5) is 14.9. The summed E-state index contributed by atoms with van der Waals surface area (Å²) in [6.07, 6.45) is 2.47. The fraction of sp³-hybridized carbons (Fsp3) is 0.450. The largest absolute Gasteiger partial charge is 0.433 e. The standard InChI is InChI=1S/C20H24F2N2O2S/c1-14-5-8-24(9-6-14)13-16-4-2-3-15(11-16)12-23-19(25)18-17(7-10-27-18)26-20(21)22/h2-4,7,10-11,14,20H,5-6,8-9,12-13H2,1H3,(H,23,25). The molecule has 146 valence electrons. The monoisotopic (exact) mass is 394 g/mol. The Bertz CT molecular complexity index is 758. The van der Waals surface area contributed by atoms with Crippen LogP contribution in [0.1, 0.15) is 40.6 Å². The van der Waals surface area contributed by atoms with Gasteiger partial charge in [-0.1, -0.05) is 31.2 Å². The lowest BCUT2D eigenvalue weighted by Gasteiger charge is -2.30. The number of ether oxygens (including phenoxy) is 1. The number of likely N-dealkylation sites (tertiary alicyclic amines) is 1. The van der Waals surface area contributed by atoms with Crippen LogP contribution < -0.4 is 10.1 Å². The van der Waals surface area contributed by atoms with Gasteiger partial charge in [0, 0.05) is 13.1 Å². The van der Waals surface area contributed by atoms with Crippen LogP contribution in [0.15, 0.2) is 35.7 Å². The maximum absolute atomic E-state index is 12.4. The van der Waals surface area contributed by atoms with Crippen LogP contribution in [0.4, 0.5) is 8.78 Å². The van der Waals surface area contributed by atoms with Gasteiger partial charge in [0.05, 0.1) is 0 Å². The predicted molar refractivity (Wildman–Crippen MR) is 102 cm³/mol. The van der Waals surface area contributed by atoms with Crippen LogP contribution in [-0.2, 0) is 13.1 Å². The van der Waals surface area contributed by atoms with Crippen molar-refractivity contribution in [1.29, 1.82) is 0 Å². The van der Waals surface area contributed by atoms with Crippen molar-refractivity contribution in [2.24, 2.45) is 5.92 Å². The number of thiophene rings is 1. The van der Waals surface area contributed by atoms with Crippen LogP contribution in [0.5, 0.6) is 5.75 Å². The fourth-order valence-corrected chi connectivity index (χ4v) is 3.97. The average molecular weight is 394 g/mol. The number of halogens is 2. The van der Waals surface area contributed by atoms with Crippen LogP contribution in [-0.4, -0.2) is 30.5 Å². The van der Waals surface area contributed by atoms with Crippen molar-refractivity contribution in [3.8, 4) is 5.75 Å². The molecule has 3 rings (SSSR count). The summed E-state index contributed by atoms with van der Waals surface area (Å²) in [6.45, 7) is 2.84. The maximum atomic E-state index is 12.4. The van der Waals surface area contributed by atoms with E-state index in [0.717, 1.165) is 42.5 Å². The summed E-state index contributed by atoms with van der Waals surface area (Å²) in [6, 6.07) is 9.50. The minimum atomic E-state index is -2.94. The highest BCUT2D eigenvalue weighted by Crippen LogP contribution is 2.26. The quantitative estimate of drug-likeness (QED) is 0.751. The van der Waals surface area contributed by atoms with Crippen molar-refractivity contribution >= 4 is 17.2 Å². The van der Waals surface area contributed by atoms with Crippen molar-refractivity contribution in [2.45, 2.75) is 39.5 Å². The highest BCUT2D eigenvalue weighted by molar-refractivity contribution is 7.12. The Hall–Kier alpha value is -1.99. The van der Waals surface area contributed by atoms with Gasteiger partial charge in [0.25, 0.3) is 5.91 Å². The summed E-state index contributed by atoms with van der Waals surface area (Å²) in [5.74, 6) is 0.315. The van der Waals surface area contributed by atoms with E-state index in [2.05, 4.69) is 34.0 Å². The summed E-state index contributed by atoms with van der Waals surface area (Å²) in [5.41, 5.74) is 2.20. The van der Waals surface area contributed by atoms with Crippen LogP contribution >= 0.6 is 11.3 Å². The number of hydrogen-bond acceptors (Lipinski definition) is 4. The van der Waals surface area contributed by atoms with Crippen molar-refractivity contribution in [2.75, 3.05) is 13.1 Å². The lowest BCUT2D eigenvalue weighted by atomic mass is 9.98. The van der Waals surface area contributed by atoms with Gasteiger partial charge in [-0.05, 0) is 54.4 Å². The van der Waals surface area contributed by atoms with Crippen LogP contribution in [0.3, 0.4) is 0 Å². The Kier molecular flexibility index (Phi) is 6.79. The van der Waals surface area contributed by atoms with Gasteiger partial charge in [0.2, 0.25) is 0 Å². The van der Waals surface area contributed by atoms with Gasteiger partial charge < -0.3 is 10.1 Å². The highest BCUT2D eigenvalue weighted by Gasteiger charge is 2.18. The third-order valence-corrected chi connectivity index (χ3v) is 5.67. The number of nitrogens with zero attached hydrogens (tertiary/aromatic N) is 1. The number of alkyl halides is 2. The van der Waals surface area contributed by atoms with Crippen molar-refractivity contribution in [3.05, 3.63) is 51.7 Å². The normalized spacial score (nSPS) is 15.9. The average Bonchev–Trinajstić information content (AvgIpc) is 3.09. The van der Waals surface area contributed by atoms with Crippen molar-refractivity contribution < 1.29 is 18.3 Å². The van der Waals surface area contributed by atoms with E-state index >= 15 is 0 Å². The number of carbonyl (C=O) groups excluding carboxylic acids is 1. The Labute approximate surface area is 162 Å². The van der Waals surface area contributed by atoms with Gasteiger partial charge in [-0.15, -0.1) is 11.3 Å². The van der Waals surface area contributed by atoms with E-state index in [0.29, 0.717) is 6.54 Å². The molecular weight excluding hydrogens is 370 g/mol. The number of benzene rings is 1. The van der Waals surface area contributed by atoms with Crippen LogP contribution in [0.25, 0.3) is 0 Å². The second-order valence-electron chi connectivity index (χ2n) is 6.95. The zero-order valence-electron chi connectivity index (χ0n) is 15.3. The van der Waals surface area contributed by atoms with Crippen LogP contribution in [0, 0.1) is 5.92 Å². The molecule has 0 spiro atoms. The van der Waals surface area contributed by atoms with E-state index in [1.54, 1.807) is 5.38 Å². The minimum Gasteiger partial charge on any atom is -0.433 e. The molecule has 0 saturated carbocycles. The Morgan fingerprint density at radius 1 is 1.30 bits per heavy atom. The van der Waals surface area contributed by atoms with Crippen LogP contribution in [0.2, 0.25) is 0 Å². The molecule has 0 bridgehead atoms. The van der Waals surface area contributed by atoms with Gasteiger partial charge in [-0.25, -0.2) is 0 Å². The Morgan fingerprint density at radius 2 is 2.04 bits per heavy atom. The summed E-state index contributed by atoms with van der Waals surface area (Å²) >= 11 is 1.08. The van der Waals surface area contributed by atoms with E-state index in [1.165, 1.54) is 24.5 Å². The minimum absolute atomic E-state index is 0.0828. The first kappa shape index (κ1) is 19.8. The fourth-order valence-electron chi connectivity index (χ4n) is 3.23. The van der Waals surface area contributed by atoms with E-state index in [1.807, 2.05) is 12.1 Å². The smallest absolute Gasteiger partial charge is 0.387 e. The summed E-state index contributed by atoms with van der Waals surface area (Å²) in [5, 5.41) is 4.35. The van der Waals surface area contributed by atoms with Crippen molar-refractivity contribution in [3.63, 3.8) is 0 Å². The first-order valence-electron chi connectivity index (χ1n) is 9.12. The van der Waals surface area contributed by atoms with E-state index < -0.39 is 12.5 Å². The first-order valence-corrected chi connectivity index (χ1v) is 10.00.